The molecule has 1 aliphatic heterocycles. The molecule has 1 aliphatic rings. The number of halogens is 4. The summed E-state index contributed by atoms with van der Waals surface area (Å²) >= 11 is 3.31. The van der Waals surface area contributed by atoms with Gasteiger partial charge in [0, 0.05) is 13.1 Å². The largest absolute Gasteiger partial charge is 0.497 e. The number of carbonyl (C=O) groups excluding carboxylic acids is 1. The summed E-state index contributed by atoms with van der Waals surface area (Å²) in [5, 5.41) is 9.65. The smallest absolute Gasteiger partial charge is 0.471 e. The Morgan fingerprint density at radius 2 is 2.18 bits per heavy atom. The Kier molecular flexibility index (Phi) is 4.72. The minimum Gasteiger partial charge on any atom is -0.497 e. The highest BCUT2D eigenvalue weighted by molar-refractivity contribution is 9.09. The van der Waals surface area contributed by atoms with Crippen LogP contribution < -0.4 is 4.74 Å². The van der Waals surface area contributed by atoms with Crippen LogP contribution in [-0.4, -0.2) is 48.9 Å². The van der Waals surface area contributed by atoms with E-state index in [1.54, 1.807) is 18.2 Å². The molecule has 0 fully saturated rings. The van der Waals surface area contributed by atoms with Gasteiger partial charge in [-0.1, -0.05) is 22.0 Å². The van der Waals surface area contributed by atoms with Crippen molar-refractivity contribution in [1.29, 1.82) is 0 Å². The summed E-state index contributed by atoms with van der Waals surface area (Å²) in [5.74, 6) is -1.33. The molecule has 0 spiro atoms. The van der Waals surface area contributed by atoms with E-state index in [0.717, 1.165) is 10.5 Å². The Morgan fingerprint density at radius 3 is 2.73 bits per heavy atom. The van der Waals surface area contributed by atoms with Crippen molar-refractivity contribution in [3.63, 3.8) is 0 Å². The lowest BCUT2D eigenvalue weighted by molar-refractivity contribution is -0.185. The maximum absolute atomic E-state index is 12.7. The Labute approximate surface area is 134 Å². The molecule has 0 saturated heterocycles. The van der Waals surface area contributed by atoms with Crippen LogP contribution in [0.4, 0.5) is 13.2 Å². The SMILES string of the molecule is COc1ccc2c(c1)CCN(C(=O)C(F)(F)F)CC2(Br)CO. The fourth-order valence-electron chi connectivity index (χ4n) is 2.55. The lowest BCUT2D eigenvalue weighted by Crippen LogP contribution is -2.47. The molecular formula is C14H15BrF3NO3. The molecule has 8 heteroatoms. The molecule has 1 heterocycles. The Bertz CT molecular complexity index is 579. The molecule has 1 unspecified atom stereocenters. The molecule has 0 radical (unpaired) electrons. The van der Waals surface area contributed by atoms with E-state index in [1.165, 1.54) is 7.11 Å². The summed E-state index contributed by atoms with van der Waals surface area (Å²) in [4.78, 5) is 12.2. The van der Waals surface area contributed by atoms with Crippen molar-refractivity contribution < 1.29 is 27.8 Å². The van der Waals surface area contributed by atoms with Crippen LogP contribution in [0, 0.1) is 0 Å². The normalized spacial score (nSPS) is 22.0. The number of fused-ring (bicyclic) bond motifs is 1. The number of rotatable bonds is 2. The first kappa shape index (κ1) is 17.1. The van der Waals surface area contributed by atoms with E-state index in [4.69, 9.17) is 4.74 Å². The van der Waals surface area contributed by atoms with Crippen molar-refractivity contribution in [2.24, 2.45) is 0 Å². The summed E-state index contributed by atoms with van der Waals surface area (Å²) in [6, 6.07) is 5.08. The third-order valence-corrected chi connectivity index (χ3v) is 4.60. The van der Waals surface area contributed by atoms with E-state index in [2.05, 4.69) is 15.9 Å². The maximum atomic E-state index is 12.7. The third kappa shape index (κ3) is 3.22. The standard InChI is InChI=1S/C14H15BrF3NO3/c1-22-10-2-3-11-9(6-10)4-5-19(7-13(11,15)8-20)12(21)14(16,17)18/h2-3,6,20H,4-5,7-8H2,1H3. The van der Waals surface area contributed by atoms with Gasteiger partial charge in [0.15, 0.2) is 0 Å². The van der Waals surface area contributed by atoms with Crippen LogP contribution in [0.15, 0.2) is 18.2 Å². The quantitative estimate of drug-likeness (QED) is 0.799. The lowest BCUT2D eigenvalue weighted by atomic mass is 9.94. The second kappa shape index (κ2) is 6.08. The zero-order valence-electron chi connectivity index (χ0n) is 11.8. The zero-order valence-corrected chi connectivity index (χ0v) is 13.4. The van der Waals surface area contributed by atoms with Crippen molar-refractivity contribution in [3.8, 4) is 5.75 Å². The fraction of sp³-hybridized carbons (Fsp3) is 0.500. The summed E-state index contributed by atoms with van der Waals surface area (Å²) in [5.41, 5.74) is 1.40. The average molecular weight is 382 g/mol. The molecule has 22 heavy (non-hydrogen) atoms. The van der Waals surface area contributed by atoms with E-state index < -0.39 is 23.0 Å². The van der Waals surface area contributed by atoms with Gasteiger partial charge in [-0.3, -0.25) is 4.79 Å². The van der Waals surface area contributed by atoms with Crippen LogP contribution in [0.25, 0.3) is 0 Å². The maximum Gasteiger partial charge on any atom is 0.471 e. The lowest BCUT2D eigenvalue weighted by Gasteiger charge is -2.31. The predicted molar refractivity (Wildman–Crippen MR) is 77.0 cm³/mol. The van der Waals surface area contributed by atoms with Crippen LogP contribution in [0.2, 0.25) is 0 Å². The average Bonchev–Trinajstić information content (AvgIpc) is 2.63. The Morgan fingerprint density at radius 1 is 1.50 bits per heavy atom. The molecule has 1 atom stereocenters. The molecular weight excluding hydrogens is 367 g/mol. The molecule has 0 saturated carbocycles. The van der Waals surface area contributed by atoms with Gasteiger partial charge in [-0.15, -0.1) is 0 Å². The number of aliphatic hydroxyl groups excluding tert-OH is 1. The molecule has 0 aromatic heterocycles. The highest BCUT2D eigenvalue weighted by Gasteiger charge is 2.46. The number of alkyl halides is 4. The van der Waals surface area contributed by atoms with E-state index in [9.17, 15) is 23.1 Å². The molecule has 2 rings (SSSR count). The monoisotopic (exact) mass is 381 g/mol. The number of nitrogens with zero attached hydrogens (tertiary/aromatic N) is 1. The van der Waals surface area contributed by atoms with Gasteiger partial charge in [0.25, 0.3) is 0 Å². The molecule has 1 N–H and O–H groups in total. The number of benzene rings is 1. The Hall–Kier alpha value is -1.28. The number of amides is 1. The molecule has 122 valence electrons. The number of methoxy groups -OCH3 is 1. The van der Waals surface area contributed by atoms with Crippen LogP contribution >= 0.6 is 15.9 Å². The van der Waals surface area contributed by atoms with Gasteiger partial charge in [-0.2, -0.15) is 13.2 Å². The first-order valence-electron chi connectivity index (χ1n) is 6.54. The van der Waals surface area contributed by atoms with E-state index >= 15 is 0 Å². The predicted octanol–water partition coefficient (Wildman–Crippen LogP) is 2.22. The van der Waals surface area contributed by atoms with Crippen molar-refractivity contribution in [1.82, 2.24) is 4.90 Å². The minimum absolute atomic E-state index is 0.0775. The number of ether oxygens (including phenoxy) is 1. The van der Waals surface area contributed by atoms with Crippen LogP contribution in [0.1, 0.15) is 11.1 Å². The van der Waals surface area contributed by atoms with E-state index in [-0.39, 0.29) is 19.5 Å². The van der Waals surface area contributed by atoms with Gasteiger partial charge >= 0.3 is 12.1 Å². The van der Waals surface area contributed by atoms with Crippen LogP contribution in [-0.2, 0) is 15.5 Å². The van der Waals surface area contributed by atoms with Gasteiger partial charge < -0.3 is 14.7 Å². The van der Waals surface area contributed by atoms with Crippen molar-refractivity contribution in [3.05, 3.63) is 29.3 Å². The molecule has 4 nitrogen and oxygen atoms in total. The van der Waals surface area contributed by atoms with Gasteiger partial charge in [0.05, 0.1) is 18.0 Å². The van der Waals surface area contributed by atoms with Gasteiger partial charge in [-0.05, 0) is 29.7 Å². The zero-order chi connectivity index (χ0) is 16.5. The number of hydrogen-bond acceptors (Lipinski definition) is 3. The van der Waals surface area contributed by atoms with Crippen molar-refractivity contribution in [2.45, 2.75) is 16.9 Å². The summed E-state index contributed by atoms with van der Waals surface area (Å²) < 4.78 is 42.0. The highest BCUT2D eigenvalue weighted by Crippen LogP contribution is 2.39. The first-order chi connectivity index (χ1) is 10.2. The molecule has 0 bridgehead atoms. The van der Waals surface area contributed by atoms with Gasteiger partial charge in [0.2, 0.25) is 0 Å². The molecule has 1 amide bonds. The highest BCUT2D eigenvalue weighted by atomic mass is 79.9. The Balaban J connectivity index is 2.41. The summed E-state index contributed by atoms with van der Waals surface area (Å²) in [6.07, 6.45) is -4.68. The molecule has 0 aliphatic carbocycles. The van der Waals surface area contributed by atoms with Crippen molar-refractivity contribution >= 4 is 21.8 Å². The van der Waals surface area contributed by atoms with Crippen LogP contribution in [0.3, 0.4) is 0 Å². The number of aliphatic hydroxyl groups is 1. The van der Waals surface area contributed by atoms with Crippen molar-refractivity contribution in [2.75, 3.05) is 26.8 Å². The third-order valence-electron chi connectivity index (χ3n) is 3.67. The van der Waals surface area contributed by atoms with E-state index in [0.29, 0.717) is 11.3 Å². The van der Waals surface area contributed by atoms with Gasteiger partial charge in [-0.25, -0.2) is 0 Å². The van der Waals surface area contributed by atoms with Gasteiger partial charge in [0.1, 0.15) is 5.75 Å². The molecule has 1 aromatic rings. The minimum atomic E-state index is -4.93. The number of carbonyl (C=O) groups is 1. The molecule has 1 aromatic carbocycles. The fourth-order valence-corrected chi connectivity index (χ4v) is 3.24. The topological polar surface area (TPSA) is 49.8 Å². The summed E-state index contributed by atoms with van der Waals surface area (Å²) in [7, 11) is 1.49. The number of hydrogen-bond donors (Lipinski definition) is 1. The second-order valence-corrected chi connectivity index (χ2v) is 6.64. The summed E-state index contributed by atoms with van der Waals surface area (Å²) in [6.45, 7) is -0.777. The second-order valence-electron chi connectivity index (χ2n) is 5.12. The first-order valence-corrected chi connectivity index (χ1v) is 7.34. The van der Waals surface area contributed by atoms with E-state index in [1.807, 2.05) is 0 Å². The van der Waals surface area contributed by atoms with Crippen LogP contribution in [0.5, 0.6) is 5.75 Å².